The predicted molar refractivity (Wildman–Crippen MR) is 59.1 cm³/mol. The molecule has 1 aliphatic carbocycles. The molecule has 5 nitrogen and oxygen atoms in total. The summed E-state index contributed by atoms with van der Waals surface area (Å²) in [6.07, 6.45) is 1.67. The number of aromatic hydroxyl groups is 1. The molecule has 16 heavy (non-hydrogen) atoms. The van der Waals surface area contributed by atoms with Crippen LogP contribution in [-0.2, 0) is 5.54 Å². The quantitative estimate of drug-likeness (QED) is 0.651. The number of nitrogens with one attached hydrogen (secondary N) is 1. The van der Waals surface area contributed by atoms with Gasteiger partial charge in [0.2, 0.25) is 0 Å². The first kappa shape index (κ1) is 9.35. The molecule has 1 heterocycles. The van der Waals surface area contributed by atoms with Crippen molar-refractivity contribution in [3.8, 4) is 5.75 Å². The number of rotatable bonds is 1. The van der Waals surface area contributed by atoms with Crippen molar-refractivity contribution < 1.29 is 5.11 Å². The van der Waals surface area contributed by atoms with E-state index in [1.54, 1.807) is 6.07 Å². The van der Waals surface area contributed by atoms with Crippen LogP contribution >= 0.6 is 0 Å². The van der Waals surface area contributed by atoms with Crippen LogP contribution in [-0.4, -0.2) is 15.1 Å². The van der Waals surface area contributed by atoms with E-state index in [1.165, 1.54) is 12.1 Å². The summed E-state index contributed by atoms with van der Waals surface area (Å²) in [4.78, 5) is 18.7. The van der Waals surface area contributed by atoms with Crippen LogP contribution in [0.5, 0.6) is 5.75 Å². The van der Waals surface area contributed by atoms with Crippen LogP contribution in [0.2, 0.25) is 0 Å². The molecule has 0 saturated heterocycles. The van der Waals surface area contributed by atoms with Crippen LogP contribution in [0, 0.1) is 0 Å². The summed E-state index contributed by atoms with van der Waals surface area (Å²) in [6.45, 7) is 0. The fourth-order valence-corrected chi connectivity index (χ4v) is 1.74. The first-order valence-electron chi connectivity index (χ1n) is 5.11. The second kappa shape index (κ2) is 2.82. The van der Waals surface area contributed by atoms with E-state index in [4.69, 9.17) is 5.73 Å². The van der Waals surface area contributed by atoms with E-state index in [1.807, 2.05) is 0 Å². The molecule has 1 saturated carbocycles. The number of nitrogens with two attached hydrogens (primary N) is 1. The Morgan fingerprint density at radius 3 is 2.88 bits per heavy atom. The van der Waals surface area contributed by atoms with Crippen molar-refractivity contribution in [1.29, 1.82) is 0 Å². The second-order valence-electron chi connectivity index (χ2n) is 4.27. The highest BCUT2D eigenvalue weighted by atomic mass is 16.3. The maximum atomic E-state index is 11.8. The number of H-pyrrole nitrogens is 1. The topological polar surface area (TPSA) is 92.0 Å². The van der Waals surface area contributed by atoms with E-state index < -0.39 is 5.54 Å². The summed E-state index contributed by atoms with van der Waals surface area (Å²) in [7, 11) is 0. The Morgan fingerprint density at radius 2 is 2.19 bits per heavy atom. The molecule has 1 fully saturated rings. The number of aromatic amines is 1. The molecule has 0 aliphatic heterocycles. The van der Waals surface area contributed by atoms with Crippen molar-refractivity contribution in [3.63, 3.8) is 0 Å². The fourth-order valence-electron chi connectivity index (χ4n) is 1.74. The van der Waals surface area contributed by atoms with E-state index >= 15 is 0 Å². The van der Waals surface area contributed by atoms with Gasteiger partial charge in [0.15, 0.2) is 0 Å². The molecule has 1 aromatic carbocycles. The monoisotopic (exact) mass is 217 g/mol. The molecule has 2 aromatic rings. The first-order valence-corrected chi connectivity index (χ1v) is 5.11. The van der Waals surface area contributed by atoms with Crippen molar-refractivity contribution in [1.82, 2.24) is 9.97 Å². The highest BCUT2D eigenvalue weighted by molar-refractivity contribution is 5.79. The van der Waals surface area contributed by atoms with Gasteiger partial charge >= 0.3 is 0 Å². The summed E-state index contributed by atoms with van der Waals surface area (Å²) in [6, 6.07) is 4.49. The summed E-state index contributed by atoms with van der Waals surface area (Å²) >= 11 is 0. The molecule has 0 radical (unpaired) electrons. The first-order chi connectivity index (χ1) is 7.58. The van der Waals surface area contributed by atoms with Crippen LogP contribution in [0.15, 0.2) is 23.0 Å². The van der Waals surface area contributed by atoms with Crippen molar-refractivity contribution in [2.75, 3.05) is 0 Å². The Hall–Kier alpha value is -1.88. The van der Waals surface area contributed by atoms with E-state index in [-0.39, 0.29) is 11.3 Å². The molecule has 0 amide bonds. The Morgan fingerprint density at radius 1 is 1.44 bits per heavy atom. The van der Waals surface area contributed by atoms with Crippen LogP contribution < -0.4 is 11.3 Å². The molecule has 4 N–H and O–H groups in total. The van der Waals surface area contributed by atoms with Gasteiger partial charge in [-0.3, -0.25) is 4.79 Å². The SMILES string of the molecule is NC1(c2nc3cc(O)ccc3c(=O)[nH]2)CC1. The lowest BCUT2D eigenvalue weighted by atomic mass is 10.2. The van der Waals surface area contributed by atoms with Crippen LogP contribution in [0.4, 0.5) is 0 Å². The second-order valence-corrected chi connectivity index (χ2v) is 4.27. The molecule has 3 rings (SSSR count). The van der Waals surface area contributed by atoms with Crippen molar-refractivity contribution >= 4 is 10.9 Å². The molecule has 0 atom stereocenters. The van der Waals surface area contributed by atoms with Gasteiger partial charge < -0.3 is 15.8 Å². The van der Waals surface area contributed by atoms with Gasteiger partial charge in [-0.25, -0.2) is 4.98 Å². The molecule has 0 unspecified atom stereocenters. The van der Waals surface area contributed by atoms with Gasteiger partial charge in [-0.2, -0.15) is 0 Å². The molecule has 0 bridgehead atoms. The number of benzene rings is 1. The Bertz CT molecular complexity index is 629. The molecule has 1 aromatic heterocycles. The number of hydrogen-bond donors (Lipinski definition) is 3. The number of phenols is 1. The van der Waals surface area contributed by atoms with Crippen LogP contribution in [0.3, 0.4) is 0 Å². The number of fused-ring (bicyclic) bond motifs is 1. The lowest BCUT2D eigenvalue weighted by molar-refractivity contribution is 0.476. The van der Waals surface area contributed by atoms with Gasteiger partial charge in [0.05, 0.1) is 16.4 Å². The average molecular weight is 217 g/mol. The Labute approximate surface area is 90.9 Å². The van der Waals surface area contributed by atoms with Gasteiger partial charge in [0.1, 0.15) is 11.6 Å². The molecular formula is C11H11N3O2. The van der Waals surface area contributed by atoms with Gasteiger partial charge in [0.25, 0.3) is 5.56 Å². The van der Waals surface area contributed by atoms with E-state index in [0.717, 1.165) is 12.8 Å². The largest absolute Gasteiger partial charge is 0.508 e. The highest BCUT2D eigenvalue weighted by Gasteiger charge is 2.42. The summed E-state index contributed by atoms with van der Waals surface area (Å²) in [5, 5.41) is 9.81. The third kappa shape index (κ3) is 1.29. The number of phenolic OH excluding ortho intramolecular Hbond substituents is 1. The zero-order valence-electron chi connectivity index (χ0n) is 8.53. The van der Waals surface area contributed by atoms with Crippen molar-refractivity contribution in [2.45, 2.75) is 18.4 Å². The summed E-state index contributed by atoms with van der Waals surface area (Å²) < 4.78 is 0. The minimum absolute atomic E-state index is 0.0958. The molecule has 0 spiro atoms. The predicted octanol–water partition coefficient (Wildman–Crippen LogP) is 0.577. The minimum atomic E-state index is -0.473. The van der Waals surface area contributed by atoms with E-state index in [2.05, 4.69) is 9.97 Å². The van der Waals surface area contributed by atoms with Gasteiger partial charge in [-0.05, 0) is 25.0 Å². The van der Waals surface area contributed by atoms with Crippen molar-refractivity contribution in [2.24, 2.45) is 5.73 Å². The molecular weight excluding hydrogens is 206 g/mol. The summed E-state index contributed by atoms with van der Waals surface area (Å²) in [5.74, 6) is 0.606. The van der Waals surface area contributed by atoms with Gasteiger partial charge in [-0.1, -0.05) is 0 Å². The summed E-state index contributed by atoms with van der Waals surface area (Å²) in [5.41, 5.74) is 5.77. The van der Waals surface area contributed by atoms with Crippen molar-refractivity contribution in [3.05, 3.63) is 34.4 Å². The number of aromatic nitrogens is 2. The maximum Gasteiger partial charge on any atom is 0.258 e. The van der Waals surface area contributed by atoms with Crippen LogP contribution in [0.25, 0.3) is 10.9 Å². The third-order valence-corrected chi connectivity index (χ3v) is 2.95. The van der Waals surface area contributed by atoms with Gasteiger partial charge in [0, 0.05) is 6.07 Å². The Balaban J connectivity index is 2.32. The van der Waals surface area contributed by atoms with Gasteiger partial charge in [-0.15, -0.1) is 0 Å². The van der Waals surface area contributed by atoms with E-state index in [0.29, 0.717) is 16.7 Å². The standard InChI is InChI=1S/C11H11N3O2/c12-11(3-4-11)10-13-8-5-6(15)1-2-7(8)9(16)14-10/h1-2,5,15H,3-4,12H2,(H,13,14,16). The minimum Gasteiger partial charge on any atom is -0.508 e. The zero-order chi connectivity index (χ0) is 11.3. The zero-order valence-corrected chi connectivity index (χ0v) is 8.53. The fraction of sp³-hybridized carbons (Fsp3) is 0.273. The molecule has 82 valence electrons. The normalized spacial score (nSPS) is 17.6. The number of hydrogen-bond acceptors (Lipinski definition) is 4. The lowest BCUT2D eigenvalue weighted by Crippen LogP contribution is -2.26. The third-order valence-electron chi connectivity index (χ3n) is 2.95. The molecule has 1 aliphatic rings. The lowest BCUT2D eigenvalue weighted by Gasteiger charge is -2.08. The maximum absolute atomic E-state index is 11.8. The molecule has 5 heteroatoms. The Kier molecular flexibility index (Phi) is 1.65. The smallest absolute Gasteiger partial charge is 0.258 e. The average Bonchev–Trinajstić information content (AvgIpc) is 2.97. The van der Waals surface area contributed by atoms with Crippen LogP contribution in [0.1, 0.15) is 18.7 Å². The van der Waals surface area contributed by atoms with E-state index in [9.17, 15) is 9.90 Å². The highest BCUT2D eigenvalue weighted by Crippen LogP contribution is 2.40. The number of nitrogens with zero attached hydrogens (tertiary/aromatic N) is 1.